The van der Waals surface area contributed by atoms with Crippen molar-refractivity contribution in [3.63, 3.8) is 0 Å². The van der Waals surface area contributed by atoms with E-state index in [9.17, 15) is 4.79 Å². The zero-order valence-corrected chi connectivity index (χ0v) is 9.34. The fourth-order valence-electron chi connectivity index (χ4n) is 1.01. The first-order valence-corrected chi connectivity index (χ1v) is 4.99. The first kappa shape index (κ1) is 13.2. The summed E-state index contributed by atoms with van der Waals surface area (Å²) in [7, 11) is 0. The highest BCUT2D eigenvalue weighted by Gasteiger charge is 2.30. The molecule has 3 nitrogen and oxygen atoms in total. The topological polar surface area (TPSA) is 35.5 Å². The molecule has 0 saturated heterocycles. The van der Waals surface area contributed by atoms with E-state index in [0.717, 1.165) is 0 Å². The summed E-state index contributed by atoms with van der Waals surface area (Å²) in [6, 6.07) is 0. The number of ether oxygens (including phenoxy) is 2. The van der Waals surface area contributed by atoms with Crippen LogP contribution in [0.5, 0.6) is 0 Å². The number of hydrogen-bond acceptors (Lipinski definition) is 3. The Kier molecular flexibility index (Phi) is 6.21. The molecule has 0 rings (SSSR count). The molecule has 0 heterocycles. The third-order valence-electron chi connectivity index (χ3n) is 2.16. The predicted octanol–water partition coefficient (Wildman–Crippen LogP) is 2.17. The fraction of sp³-hybridized carbons (Fsp3) is 0.727. The average Bonchev–Trinajstić information content (AvgIpc) is 2.18. The summed E-state index contributed by atoms with van der Waals surface area (Å²) in [5, 5.41) is 0. The second-order valence-electron chi connectivity index (χ2n) is 3.29. The van der Waals surface area contributed by atoms with Crippen LogP contribution in [0.1, 0.15) is 27.2 Å². The van der Waals surface area contributed by atoms with Crippen molar-refractivity contribution < 1.29 is 14.3 Å². The number of carbonyl (C=O) groups excluding carboxylic acids is 1. The van der Waals surface area contributed by atoms with E-state index >= 15 is 0 Å². The summed E-state index contributed by atoms with van der Waals surface area (Å²) in [4.78, 5) is 11.5. The lowest BCUT2D eigenvalue weighted by atomic mass is 9.87. The van der Waals surface area contributed by atoms with Crippen molar-refractivity contribution >= 4 is 5.97 Å². The molecule has 14 heavy (non-hydrogen) atoms. The maximum Gasteiger partial charge on any atom is 0.315 e. The highest BCUT2D eigenvalue weighted by Crippen LogP contribution is 2.24. The van der Waals surface area contributed by atoms with Crippen LogP contribution in [0.2, 0.25) is 0 Å². The quantitative estimate of drug-likeness (QED) is 0.359. The van der Waals surface area contributed by atoms with Gasteiger partial charge in [0.2, 0.25) is 0 Å². The van der Waals surface area contributed by atoms with E-state index < -0.39 is 5.41 Å². The van der Waals surface area contributed by atoms with Crippen molar-refractivity contribution in [2.45, 2.75) is 27.2 Å². The van der Waals surface area contributed by atoms with Crippen molar-refractivity contribution in [1.29, 1.82) is 0 Å². The van der Waals surface area contributed by atoms with Gasteiger partial charge in [0.25, 0.3) is 0 Å². The van der Waals surface area contributed by atoms with Crippen molar-refractivity contribution in [2.75, 3.05) is 19.8 Å². The number of carbonyl (C=O) groups is 1. The van der Waals surface area contributed by atoms with Crippen LogP contribution in [0.25, 0.3) is 0 Å². The minimum absolute atomic E-state index is 0.227. The third-order valence-corrected chi connectivity index (χ3v) is 2.16. The van der Waals surface area contributed by atoms with Crippen LogP contribution in [0.4, 0.5) is 0 Å². The molecule has 0 aromatic carbocycles. The molecule has 0 aliphatic heterocycles. The summed E-state index contributed by atoms with van der Waals surface area (Å²) in [6.07, 6.45) is 2.24. The van der Waals surface area contributed by atoms with E-state index in [1.54, 1.807) is 13.0 Å². The van der Waals surface area contributed by atoms with Gasteiger partial charge in [-0.15, -0.1) is 6.58 Å². The van der Waals surface area contributed by atoms with Gasteiger partial charge in [-0.3, -0.25) is 4.79 Å². The van der Waals surface area contributed by atoms with Gasteiger partial charge in [0.15, 0.2) is 0 Å². The average molecular weight is 200 g/mol. The molecule has 3 heteroatoms. The summed E-state index contributed by atoms with van der Waals surface area (Å²) in [5.74, 6) is -0.227. The minimum Gasteiger partial charge on any atom is -0.465 e. The molecule has 0 aliphatic rings. The SMILES string of the molecule is C=CC(C)(CCOCC)C(=O)OCC. The molecular weight excluding hydrogens is 180 g/mol. The molecule has 0 aromatic heterocycles. The highest BCUT2D eigenvalue weighted by atomic mass is 16.5. The lowest BCUT2D eigenvalue weighted by molar-refractivity contribution is -0.152. The van der Waals surface area contributed by atoms with Gasteiger partial charge in [-0.2, -0.15) is 0 Å². The first-order valence-electron chi connectivity index (χ1n) is 4.99. The van der Waals surface area contributed by atoms with Crippen LogP contribution in [-0.4, -0.2) is 25.8 Å². The van der Waals surface area contributed by atoms with Crippen LogP contribution in [0.3, 0.4) is 0 Å². The summed E-state index contributed by atoms with van der Waals surface area (Å²) < 4.78 is 10.2. The number of hydrogen-bond donors (Lipinski definition) is 0. The monoisotopic (exact) mass is 200 g/mol. The molecule has 82 valence electrons. The second-order valence-corrected chi connectivity index (χ2v) is 3.29. The fourth-order valence-corrected chi connectivity index (χ4v) is 1.01. The zero-order valence-electron chi connectivity index (χ0n) is 9.34. The van der Waals surface area contributed by atoms with Gasteiger partial charge >= 0.3 is 5.97 Å². The van der Waals surface area contributed by atoms with E-state index in [-0.39, 0.29) is 5.97 Å². The number of esters is 1. The van der Waals surface area contributed by atoms with Gasteiger partial charge in [-0.25, -0.2) is 0 Å². The van der Waals surface area contributed by atoms with E-state index in [2.05, 4.69) is 6.58 Å². The van der Waals surface area contributed by atoms with E-state index in [1.807, 2.05) is 13.8 Å². The Bertz CT molecular complexity index is 189. The minimum atomic E-state index is -0.620. The van der Waals surface area contributed by atoms with Gasteiger partial charge in [-0.05, 0) is 27.2 Å². The number of rotatable bonds is 7. The molecule has 0 N–H and O–H groups in total. The van der Waals surface area contributed by atoms with E-state index in [4.69, 9.17) is 9.47 Å². The molecule has 0 spiro atoms. The molecule has 0 amide bonds. The van der Waals surface area contributed by atoms with Crippen molar-refractivity contribution in [1.82, 2.24) is 0 Å². The van der Waals surface area contributed by atoms with E-state index in [1.165, 1.54) is 0 Å². The van der Waals surface area contributed by atoms with Gasteiger partial charge in [-0.1, -0.05) is 6.08 Å². The zero-order chi connectivity index (χ0) is 11.0. The molecule has 0 bridgehead atoms. The van der Waals surface area contributed by atoms with Crippen LogP contribution in [0, 0.1) is 5.41 Å². The van der Waals surface area contributed by atoms with Gasteiger partial charge in [0.1, 0.15) is 0 Å². The summed E-state index contributed by atoms with van der Waals surface area (Å²) in [5.41, 5.74) is -0.620. The molecule has 0 radical (unpaired) electrons. The molecule has 1 atom stereocenters. The molecule has 0 aliphatic carbocycles. The van der Waals surface area contributed by atoms with Crippen LogP contribution < -0.4 is 0 Å². The lowest BCUT2D eigenvalue weighted by Crippen LogP contribution is -2.29. The smallest absolute Gasteiger partial charge is 0.315 e. The Morgan fingerprint density at radius 1 is 1.43 bits per heavy atom. The Hall–Kier alpha value is -0.830. The van der Waals surface area contributed by atoms with Gasteiger partial charge < -0.3 is 9.47 Å². The van der Waals surface area contributed by atoms with Crippen molar-refractivity contribution in [3.05, 3.63) is 12.7 Å². The van der Waals surface area contributed by atoms with Crippen LogP contribution >= 0.6 is 0 Å². The molecule has 0 aromatic rings. The van der Waals surface area contributed by atoms with E-state index in [0.29, 0.717) is 26.2 Å². The highest BCUT2D eigenvalue weighted by molar-refractivity contribution is 5.78. The van der Waals surface area contributed by atoms with Crippen molar-refractivity contribution in [2.24, 2.45) is 5.41 Å². The van der Waals surface area contributed by atoms with Gasteiger partial charge in [0, 0.05) is 13.2 Å². The Morgan fingerprint density at radius 2 is 2.07 bits per heavy atom. The Morgan fingerprint density at radius 3 is 2.50 bits per heavy atom. The Balaban J connectivity index is 4.16. The summed E-state index contributed by atoms with van der Waals surface area (Å²) >= 11 is 0. The lowest BCUT2D eigenvalue weighted by Gasteiger charge is -2.22. The molecule has 0 saturated carbocycles. The predicted molar refractivity (Wildman–Crippen MR) is 56.0 cm³/mol. The second kappa shape index (κ2) is 6.60. The maximum atomic E-state index is 11.5. The molecule has 1 unspecified atom stereocenters. The molecule has 0 fully saturated rings. The maximum absolute atomic E-state index is 11.5. The normalized spacial score (nSPS) is 14.5. The Labute approximate surface area is 86.1 Å². The van der Waals surface area contributed by atoms with Crippen LogP contribution in [0.15, 0.2) is 12.7 Å². The third kappa shape index (κ3) is 3.92. The van der Waals surface area contributed by atoms with Gasteiger partial charge in [0.05, 0.1) is 12.0 Å². The largest absolute Gasteiger partial charge is 0.465 e. The molecular formula is C11H20O3. The van der Waals surface area contributed by atoms with Crippen molar-refractivity contribution in [3.8, 4) is 0 Å². The first-order chi connectivity index (χ1) is 6.60. The standard InChI is InChI=1S/C11H20O3/c1-5-11(4,8-9-13-6-2)10(12)14-7-3/h5H,1,6-9H2,2-4H3. The summed E-state index contributed by atoms with van der Waals surface area (Å²) in [6.45, 7) is 10.8. The van der Waals surface area contributed by atoms with Crippen LogP contribution in [-0.2, 0) is 14.3 Å².